The van der Waals surface area contributed by atoms with Crippen molar-refractivity contribution in [3.8, 4) is 11.5 Å². The molecule has 25 heavy (non-hydrogen) atoms. The van der Waals surface area contributed by atoms with E-state index in [1.165, 1.54) is 12.8 Å². The SMILES string of the molecule is CCN(Cc1ccc2c(c1)OCCO2)C(=O)C1NNC2CCCCC21. The van der Waals surface area contributed by atoms with Gasteiger partial charge in [-0.3, -0.25) is 10.2 Å². The minimum absolute atomic E-state index is 0.109. The summed E-state index contributed by atoms with van der Waals surface area (Å²) in [6, 6.07) is 6.29. The van der Waals surface area contributed by atoms with E-state index in [0.717, 1.165) is 29.9 Å². The van der Waals surface area contributed by atoms with Gasteiger partial charge in [0.2, 0.25) is 5.91 Å². The predicted molar refractivity (Wildman–Crippen MR) is 94.3 cm³/mol. The average Bonchev–Trinajstić information content (AvgIpc) is 3.09. The molecule has 1 saturated carbocycles. The van der Waals surface area contributed by atoms with Crippen molar-refractivity contribution in [1.29, 1.82) is 0 Å². The Labute approximate surface area is 148 Å². The van der Waals surface area contributed by atoms with Crippen molar-refractivity contribution in [2.45, 2.75) is 51.2 Å². The zero-order chi connectivity index (χ0) is 17.2. The minimum atomic E-state index is -0.109. The molecule has 0 radical (unpaired) electrons. The lowest BCUT2D eigenvalue weighted by molar-refractivity contribution is -0.134. The molecular formula is C19H27N3O3. The van der Waals surface area contributed by atoms with Crippen molar-refractivity contribution in [3.05, 3.63) is 23.8 Å². The second-order valence-electron chi connectivity index (χ2n) is 7.15. The van der Waals surface area contributed by atoms with Crippen LogP contribution in [-0.4, -0.2) is 42.6 Å². The summed E-state index contributed by atoms with van der Waals surface area (Å²) in [6.07, 6.45) is 4.77. The van der Waals surface area contributed by atoms with E-state index in [-0.39, 0.29) is 11.9 Å². The summed E-state index contributed by atoms with van der Waals surface area (Å²) >= 11 is 0. The number of hydrogen-bond acceptors (Lipinski definition) is 5. The first-order chi connectivity index (χ1) is 12.3. The summed E-state index contributed by atoms with van der Waals surface area (Å²) in [5.41, 5.74) is 7.68. The van der Waals surface area contributed by atoms with Crippen LogP contribution in [0.4, 0.5) is 0 Å². The Morgan fingerprint density at radius 2 is 1.96 bits per heavy atom. The summed E-state index contributed by atoms with van der Waals surface area (Å²) < 4.78 is 11.2. The van der Waals surface area contributed by atoms with E-state index in [2.05, 4.69) is 10.9 Å². The maximum absolute atomic E-state index is 13.1. The minimum Gasteiger partial charge on any atom is -0.486 e. The van der Waals surface area contributed by atoms with Crippen molar-refractivity contribution < 1.29 is 14.3 Å². The Morgan fingerprint density at radius 1 is 1.16 bits per heavy atom. The number of carbonyl (C=O) groups excluding carboxylic acids is 1. The Morgan fingerprint density at radius 3 is 2.80 bits per heavy atom. The number of fused-ring (bicyclic) bond motifs is 2. The molecule has 0 bridgehead atoms. The summed E-state index contributed by atoms with van der Waals surface area (Å²) in [7, 11) is 0. The molecule has 2 N–H and O–H groups in total. The van der Waals surface area contributed by atoms with Gasteiger partial charge in [0, 0.05) is 25.0 Å². The van der Waals surface area contributed by atoms with Crippen LogP contribution in [-0.2, 0) is 11.3 Å². The van der Waals surface area contributed by atoms with Crippen LogP contribution >= 0.6 is 0 Å². The van der Waals surface area contributed by atoms with Gasteiger partial charge < -0.3 is 14.4 Å². The second kappa shape index (κ2) is 7.22. The Hall–Kier alpha value is -1.79. The number of ether oxygens (including phenoxy) is 2. The molecular weight excluding hydrogens is 318 g/mol. The van der Waals surface area contributed by atoms with Crippen LogP contribution in [0.2, 0.25) is 0 Å². The maximum Gasteiger partial charge on any atom is 0.241 e. The topological polar surface area (TPSA) is 62.8 Å². The summed E-state index contributed by atoms with van der Waals surface area (Å²) in [6.45, 7) is 4.50. The summed E-state index contributed by atoms with van der Waals surface area (Å²) in [5, 5.41) is 0. The first-order valence-corrected chi connectivity index (χ1v) is 9.44. The Balaban J connectivity index is 1.46. The first kappa shape index (κ1) is 16.7. The van der Waals surface area contributed by atoms with E-state index in [1.54, 1.807) is 0 Å². The second-order valence-corrected chi connectivity index (χ2v) is 7.15. The number of amides is 1. The highest BCUT2D eigenvalue weighted by molar-refractivity contribution is 5.82. The van der Waals surface area contributed by atoms with Crippen LogP contribution in [0.1, 0.15) is 38.2 Å². The lowest BCUT2D eigenvalue weighted by atomic mass is 9.81. The molecule has 1 saturated heterocycles. The van der Waals surface area contributed by atoms with Gasteiger partial charge >= 0.3 is 0 Å². The highest BCUT2D eigenvalue weighted by Crippen LogP contribution is 2.33. The van der Waals surface area contributed by atoms with Crippen LogP contribution in [0, 0.1) is 5.92 Å². The molecule has 2 fully saturated rings. The van der Waals surface area contributed by atoms with Crippen LogP contribution in [0.3, 0.4) is 0 Å². The van der Waals surface area contributed by atoms with Crippen molar-refractivity contribution in [2.75, 3.05) is 19.8 Å². The third-order valence-corrected chi connectivity index (χ3v) is 5.61. The van der Waals surface area contributed by atoms with Crippen LogP contribution in [0.25, 0.3) is 0 Å². The van der Waals surface area contributed by atoms with Crippen molar-refractivity contribution in [1.82, 2.24) is 15.8 Å². The fraction of sp³-hybridized carbons (Fsp3) is 0.632. The third kappa shape index (κ3) is 3.33. The van der Waals surface area contributed by atoms with Gasteiger partial charge in [0.05, 0.1) is 0 Å². The number of carbonyl (C=O) groups is 1. The molecule has 4 rings (SSSR count). The van der Waals surface area contributed by atoms with Gasteiger partial charge in [0.15, 0.2) is 11.5 Å². The molecule has 3 atom stereocenters. The molecule has 3 unspecified atom stereocenters. The average molecular weight is 345 g/mol. The molecule has 6 nitrogen and oxygen atoms in total. The van der Waals surface area contributed by atoms with E-state index in [4.69, 9.17) is 9.47 Å². The third-order valence-electron chi connectivity index (χ3n) is 5.61. The molecule has 1 aliphatic carbocycles. The van der Waals surface area contributed by atoms with E-state index >= 15 is 0 Å². The highest BCUT2D eigenvalue weighted by atomic mass is 16.6. The fourth-order valence-electron chi connectivity index (χ4n) is 4.24. The number of rotatable bonds is 4. The van der Waals surface area contributed by atoms with Gasteiger partial charge in [-0.15, -0.1) is 0 Å². The van der Waals surface area contributed by atoms with Gasteiger partial charge in [-0.2, -0.15) is 0 Å². The van der Waals surface area contributed by atoms with E-state index < -0.39 is 0 Å². The van der Waals surface area contributed by atoms with Crippen molar-refractivity contribution >= 4 is 5.91 Å². The monoisotopic (exact) mass is 345 g/mol. The number of nitrogens with zero attached hydrogens (tertiary/aromatic N) is 1. The van der Waals surface area contributed by atoms with E-state index in [9.17, 15) is 4.79 Å². The number of nitrogens with one attached hydrogen (secondary N) is 2. The molecule has 136 valence electrons. The normalized spacial score (nSPS) is 27.6. The maximum atomic E-state index is 13.1. The molecule has 0 spiro atoms. The standard InChI is InChI=1S/C19H27N3O3/c1-2-22(12-13-7-8-16-17(11-13)25-10-9-24-16)19(23)18-14-5-3-4-6-15(14)20-21-18/h7-8,11,14-15,18,20-21H,2-6,9-10,12H2,1H3. The van der Waals surface area contributed by atoms with Gasteiger partial charge in [0.1, 0.15) is 19.3 Å². The van der Waals surface area contributed by atoms with Gasteiger partial charge in [-0.05, 0) is 37.5 Å². The Bertz CT molecular complexity index is 636. The number of likely N-dealkylation sites (N-methyl/N-ethyl adjacent to an activating group) is 1. The van der Waals surface area contributed by atoms with Gasteiger partial charge in [-0.25, -0.2) is 5.43 Å². The van der Waals surface area contributed by atoms with E-state index in [0.29, 0.717) is 38.3 Å². The van der Waals surface area contributed by atoms with Gasteiger partial charge in [0.25, 0.3) is 0 Å². The first-order valence-electron chi connectivity index (χ1n) is 9.44. The Kier molecular flexibility index (Phi) is 4.81. The van der Waals surface area contributed by atoms with Crippen LogP contribution in [0.5, 0.6) is 11.5 Å². The highest BCUT2D eigenvalue weighted by Gasteiger charge is 2.42. The molecule has 1 amide bonds. The molecule has 6 heteroatoms. The van der Waals surface area contributed by atoms with Crippen LogP contribution in [0.15, 0.2) is 18.2 Å². The smallest absolute Gasteiger partial charge is 0.241 e. The molecule has 2 heterocycles. The number of benzene rings is 1. The predicted octanol–water partition coefficient (Wildman–Crippen LogP) is 1.84. The molecule has 0 aromatic heterocycles. The largest absolute Gasteiger partial charge is 0.486 e. The van der Waals surface area contributed by atoms with Crippen molar-refractivity contribution in [2.24, 2.45) is 5.92 Å². The molecule has 1 aromatic carbocycles. The fourth-order valence-corrected chi connectivity index (χ4v) is 4.24. The lowest BCUT2D eigenvalue weighted by Crippen LogP contribution is -2.47. The molecule has 2 aliphatic heterocycles. The van der Waals surface area contributed by atoms with Gasteiger partial charge in [-0.1, -0.05) is 18.9 Å². The van der Waals surface area contributed by atoms with Crippen LogP contribution < -0.4 is 20.3 Å². The summed E-state index contributed by atoms with van der Waals surface area (Å²) in [4.78, 5) is 15.0. The number of hydrogen-bond donors (Lipinski definition) is 2. The molecule has 1 aromatic rings. The lowest BCUT2D eigenvalue weighted by Gasteiger charge is -2.30. The summed E-state index contributed by atoms with van der Waals surface area (Å²) in [5.74, 6) is 2.17. The number of hydrazine groups is 1. The van der Waals surface area contributed by atoms with Crippen molar-refractivity contribution in [3.63, 3.8) is 0 Å². The zero-order valence-electron chi connectivity index (χ0n) is 14.8. The quantitative estimate of drug-likeness (QED) is 0.872. The molecule has 3 aliphatic rings. The van der Waals surface area contributed by atoms with E-state index in [1.807, 2.05) is 30.0 Å². The zero-order valence-corrected chi connectivity index (χ0v) is 14.8.